The summed E-state index contributed by atoms with van der Waals surface area (Å²) in [6.07, 6.45) is 1.54. The van der Waals surface area contributed by atoms with Crippen molar-refractivity contribution in [3.05, 3.63) is 59.7 Å². The number of thiophene rings is 1. The molecule has 1 aromatic heterocycles. The molecule has 0 fully saturated rings. The maximum absolute atomic E-state index is 12.9. The Balaban J connectivity index is 1.96. The van der Waals surface area contributed by atoms with Crippen LogP contribution in [-0.2, 0) is 9.53 Å². The first-order valence-electron chi connectivity index (χ1n) is 6.50. The van der Waals surface area contributed by atoms with Gasteiger partial charge in [0.1, 0.15) is 10.7 Å². The number of benzene rings is 1. The summed E-state index contributed by atoms with van der Waals surface area (Å²) in [5.74, 6) is -1.26. The Labute approximate surface area is 131 Å². The van der Waals surface area contributed by atoms with Gasteiger partial charge in [0.15, 0.2) is 6.61 Å². The van der Waals surface area contributed by atoms with Crippen LogP contribution in [0.1, 0.15) is 9.67 Å². The van der Waals surface area contributed by atoms with Crippen LogP contribution in [0.4, 0.5) is 4.39 Å². The summed E-state index contributed by atoms with van der Waals surface area (Å²) in [4.78, 5) is 24.4. The highest BCUT2D eigenvalue weighted by atomic mass is 32.1. The molecule has 0 bridgehead atoms. The van der Waals surface area contributed by atoms with Crippen LogP contribution in [0.25, 0.3) is 10.4 Å². The van der Waals surface area contributed by atoms with E-state index in [1.807, 2.05) is 0 Å². The van der Waals surface area contributed by atoms with Gasteiger partial charge in [0.25, 0.3) is 5.91 Å². The molecule has 0 aliphatic rings. The number of carbonyl (C=O) groups excluding carboxylic acids is 2. The van der Waals surface area contributed by atoms with Gasteiger partial charge in [-0.2, -0.15) is 0 Å². The molecule has 22 heavy (non-hydrogen) atoms. The Bertz CT molecular complexity index is 679. The second-order valence-corrected chi connectivity index (χ2v) is 5.42. The number of amides is 1. The van der Waals surface area contributed by atoms with E-state index in [0.717, 1.165) is 10.4 Å². The molecule has 1 aromatic carbocycles. The first-order chi connectivity index (χ1) is 10.6. The van der Waals surface area contributed by atoms with Gasteiger partial charge in [-0.25, -0.2) is 9.18 Å². The molecule has 4 nitrogen and oxygen atoms in total. The number of esters is 1. The monoisotopic (exact) mass is 319 g/mol. The lowest BCUT2D eigenvalue weighted by molar-refractivity contribution is -0.124. The van der Waals surface area contributed by atoms with Gasteiger partial charge < -0.3 is 10.1 Å². The molecule has 0 saturated heterocycles. The zero-order valence-corrected chi connectivity index (χ0v) is 12.5. The molecule has 0 saturated carbocycles. The third kappa shape index (κ3) is 4.26. The number of halogens is 1. The van der Waals surface area contributed by atoms with Crippen molar-refractivity contribution in [1.29, 1.82) is 0 Å². The molecular formula is C16H14FNO3S. The molecule has 6 heteroatoms. The molecule has 0 aliphatic carbocycles. The van der Waals surface area contributed by atoms with Crippen molar-refractivity contribution in [2.45, 2.75) is 0 Å². The normalized spacial score (nSPS) is 10.0. The van der Waals surface area contributed by atoms with Crippen molar-refractivity contribution in [3.63, 3.8) is 0 Å². The second-order valence-electron chi connectivity index (χ2n) is 4.34. The summed E-state index contributed by atoms with van der Waals surface area (Å²) in [7, 11) is 0. The van der Waals surface area contributed by atoms with Gasteiger partial charge in [-0.05, 0) is 29.8 Å². The first kappa shape index (κ1) is 15.9. The van der Waals surface area contributed by atoms with E-state index in [2.05, 4.69) is 11.9 Å². The summed E-state index contributed by atoms with van der Waals surface area (Å²) < 4.78 is 17.8. The van der Waals surface area contributed by atoms with Gasteiger partial charge in [-0.15, -0.1) is 17.9 Å². The maximum atomic E-state index is 12.9. The number of carbonyl (C=O) groups is 2. The van der Waals surface area contributed by atoms with Crippen LogP contribution >= 0.6 is 11.3 Å². The first-order valence-corrected chi connectivity index (χ1v) is 7.32. The summed E-state index contributed by atoms with van der Waals surface area (Å²) in [6, 6.07) is 9.37. The molecule has 0 spiro atoms. The number of ether oxygens (including phenoxy) is 1. The molecule has 2 aromatic rings. The van der Waals surface area contributed by atoms with Crippen molar-refractivity contribution >= 4 is 23.2 Å². The highest BCUT2D eigenvalue weighted by Gasteiger charge is 2.13. The Hall–Kier alpha value is -2.47. The Morgan fingerprint density at radius 1 is 1.23 bits per heavy atom. The van der Waals surface area contributed by atoms with Crippen LogP contribution in [0.5, 0.6) is 0 Å². The van der Waals surface area contributed by atoms with E-state index >= 15 is 0 Å². The fraction of sp³-hybridized carbons (Fsp3) is 0.125. The van der Waals surface area contributed by atoms with Crippen LogP contribution in [0.15, 0.2) is 49.1 Å². The van der Waals surface area contributed by atoms with E-state index in [4.69, 9.17) is 4.74 Å². The van der Waals surface area contributed by atoms with Crippen molar-refractivity contribution in [1.82, 2.24) is 5.32 Å². The smallest absolute Gasteiger partial charge is 0.348 e. The molecule has 0 unspecified atom stereocenters. The fourth-order valence-electron chi connectivity index (χ4n) is 1.66. The second kappa shape index (κ2) is 7.51. The van der Waals surface area contributed by atoms with Crippen molar-refractivity contribution in [2.75, 3.05) is 13.2 Å². The molecule has 1 heterocycles. The molecule has 114 valence electrons. The van der Waals surface area contributed by atoms with Gasteiger partial charge in [0.2, 0.25) is 0 Å². The van der Waals surface area contributed by atoms with Crippen LogP contribution in [-0.4, -0.2) is 25.0 Å². The molecule has 2 rings (SSSR count). The quantitative estimate of drug-likeness (QED) is 0.658. The van der Waals surface area contributed by atoms with Crippen LogP contribution in [0.2, 0.25) is 0 Å². The Kier molecular flexibility index (Phi) is 5.43. The molecule has 0 atom stereocenters. The van der Waals surface area contributed by atoms with Gasteiger partial charge >= 0.3 is 5.97 Å². The van der Waals surface area contributed by atoms with Gasteiger partial charge in [-0.1, -0.05) is 18.2 Å². The fourth-order valence-corrected chi connectivity index (χ4v) is 2.56. The van der Waals surface area contributed by atoms with Crippen LogP contribution in [0, 0.1) is 5.82 Å². The number of hydrogen-bond donors (Lipinski definition) is 1. The predicted octanol–water partition coefficient (Wildman–Crippen LogP) is 3.01. The van der Waals surface area contributed by atoms with E-state index in [1.165, 1.54) is 29.5 Å². The summed E-state index contributed by atoms with van der Waals surface area (Å²) in [5.41, 5.74) is 0.814. The predicted molar refractivity (Wildman–Crippen MR) is 83.2 cm³/mol. The minimum atomic E-state index is -0.563. The van der Waals surface area contributed by atoms with Gasteiger partial charge in [0, 0.05) is 11.4 Å². The Morgan fingerprint density at radius 3 is 2.64 bits per heavy atom. The Morgan fingerprint density at radius 2 is 1.95 bits per heavy atom. The zero-order valence-electron chi connectivity index (χ0n) is 11.7. The zero-order chi connectivity index (χ0) is 15.9. The molecule has 1 N–H and O–H groups in total. The molecule has 0 aliphatic heterocycles. The minimum Gasteiger partial charge on any atom is -0.451 e. The van der Waals surface area contributed by atoms with Gasteiger partial charge in [-0.3, -0.25) is 4.79 Å². The number of hydrogen-bond acceptors (Lipinski definition) is 4. The van der Waals surface area contributed by atoms with E-state index in [0.29, 0.717) is 11.4 Å². The standard InChI is InChI=1S/C16H14FNO3S/c1-2-9-18-15(19)10-21-16(20)14-8-7-13(22-14)11-3-5-12(17)6-4-11/h2-8H,1,9-10H2,(H,18,19). The highest BCUT2D eigenvalue weighted by molar-refractivity contribution is 7.17. The summed E-state index contributed by atoms with van der Waals surface area (Å²) in [6.45, 7) is 3.45. The van der Waals surface area contributed by atoms with Crippen LogP contribution < -0.4 is 5.32 Å². The lowest BCUT2D eigenvalue weighted by atomic mass is 10.2. The maximum Gasteiger partial charge on any atom is 0.348 e. The summed E-state index contributed by atoms with van der Waals surface area (Å²) in [5, 5.41) is 2.51. The number of rotatable bonds is 6. The summed E-state index contributed by atoms with van der Waals surface area (Å²) >= 11 is 1.22. The topological polar surface area (TPSA) is 55.4 Å². The van der Waals surface area contributed by atoms with Crippen molar-refractivity contribution in [2.24, 2.45) is 0 Å². The third-order valence-electron chi connectivity index (χ3n) is 2.71. The third-order valence-corrected chi connectivity index (χ3v) is 3.83. The lowest BCUT2D eigenvalue weighted by Crippen LogP contribution is -2.28. The lowest BCUT2D eigenvalue weighted by Gasteiger charge is -2.03. The molecule has 1 amide bonds. The molecular weight excluding hydrogens is 305 g/mol. The SMILES string of the molecule is C=CCNC(=O)COC(=O)c1ccc(-c2ccc(F)cc2)s1. The van der Waals surface area contributed by atoms with E-state index in [-0.39, 0.29) is 18.3 Å². The van der Waals surface area contributed by atoms with E-state index in [1.54, 1.807) is 24.3 Å². The van der Waals surface area contributed by atoms with Gasteiger partial charge in [0.05, 0.1) is 0 Å². The average Bonchev–Trinajstić information content (AvgIpc) is 3.01. The van der Waals surface area contributed by atoms with Crippen molar-refractivity contribution < 1.29 is 18.7 Å². The highest BCUT2D eigenvalue weighted by Crippen LogP contribution is 2.28. The average molecular weight is 319 g/mol. The van der Waals surface area contributed by atoms with E-state index in [9.17, 15) is 14.0 Å². The molecule has 0 radical (unpaired) electrons. The minimum absolute atomic E-state index is 0.314. The van der Waals surface area contributed by atoms with Crippen LogP contribution in [0.3, 0.4) is 0 Å². The van der Waals surface area contributed by atoms with Crippen molar-refractivity contribution in [3.8, 4) is 10.4 Å². The van der Waals surface area contributed by atoms with E-state index < -0.39 is 5.97 Å². The number of nitrogens with one attached hydrogen (secondary N) is 1. The largest absolute Gasteiger partial charge is 0.451 e.